The summed E-state index contributed by atoms with van der Waals surface area (Å²) in [5.41, 5.74) is 7.02. The molecule has 3 N–H and O–H groups in total. The maximum absolute atomic E-state index is 15.4. The Kier molecular flexibility index (Phi) is 7.75. The predicted molar refractivity (Wildman–Crippen MR) is 162 cm³/mol. The van der Waals surface area contributed by atoms with E-state index in [0.29, 0.717) is 22.7 Å². The molecule has 1 aliphatic carbocycles. The van der Waals surface area contributed by atoms with E-state index in [4.69, 9.17) is 10.8 Å². The summed E-state index contributed by atoms with van der Waals surface area (Å²) >= 11 is 0. The van der Waals surface area contributed by atoms with E-state index in [1.807, 2.05) is 10.7 Å². The summed E-state index contributed by atoms with van der Waals surface area (Å²) in [6.45, 7) is 4.34. The van der Waals surface area contributed by atoms with Crippen LogP contribution in [0.15, 0.2) is 59.6 Å². The van der Waals surface area contributed by atoms with Crippen molar-refractivity contribution in [1.29, 1.82) is 0 Å². The fraction of sp³-hybridized carbons (Fsp3) is 0.379. The lowest BCUT2D eigenvalue weighted by Crippen LogP contribution is -2.49. The lowest BCUT2D eigenvalue weighted by atomic mass is 9.89. The lowest BCUT2D eigenvalue weighted by molar-refractivity contribution is -0.387. The molecule has 43 heavy (non-hydrogen) atoms. The zero-order valence-corrected chi connectivity index (χ0v) is 24.5. The predicted octanol–water partition coefficient (Wildman–Crippen LogP) is 4.26. The first-order valence-electron chi connectivity index (χ1n) is 14.2. The maximum Gasteiger partial charge on any atom is 0.289 e. The number of halogens is 1. The van der Waals surface area contributed by atoms with Gasteiger partial charge in [0.25, 0.3) is 15.7 Å². The molecule has 1 aliphatic heterocycles. The molecule has 2 fully saturated rings. The molecule has 1 saturated carbocycles. The van der Waals surface area contributed by atoms with Crippen LogP contribution in [0, 0.1) is 15.9 Å². The van der Waals surface area contributed by atoms with Gasteiger partial charge in [-0.15, -0.1) is 0 Å². The smallest absolute Gasteiger partial charge is 0.289 e. The Morgan fingerprint density at radius 1 is 1.02 bits per heavy atom. The molecule has 0 radical (unpaired) electrons. The third-order valence-corrected chi connectivity index (χ3v) is 9.97. The van der Waals surface area contributed by atoms with Gasteiger partial charge in [-0.05, 0) is 57.0 Å². The average Bonchev–Trinajstić information content (AvgIpc) is 3.40. The second-order valence-electron chi connectivity index (χ2n) is 11.2. The Balaban J connectivity index is 1.27. The Bertz CT molecular complexity index is 1780. The first kappa shape index (κ1) is 29.0. The van der Waals surface area contributed by atoms with Gasteiger partial charge in [-0.25, -0.2) is 17.8 Å². The summed E-state index contributed by atoms with van der Waals surface area (Å²) in [7, 11) is -2.29. The summed E-state index contributed by atoms with van der Waals surface area (Å²) in [5.74, 6) is -0.594. The number of nitrogens with zero attached hydrogens (tertiary/aromatic N) is 6. The van der Waals surface area contributed by atoms with E-state index in [0.717, 1.165) is 69.5 Å². The normalized spacial score (nSPS) is 20.3. The Hall–Kier alpha value is -4.14. The minimum atomic E-state index is -4.44. The number of sulfonamides is 1. The van der Waals surface area contributed by atoms with E-state index < -0.39 is 31.3 Å². The third-order valence-electron chi connectivity index (χ3n) is 8.55. The first-order chi connectivity index (χ1) is 20.6. The first-order valence-corrected chi connectivity index (χ1v) is 15.7. The summed E-state index contributed by atoms with van der Waals surface area (Å²) in [4.78, 5) is 19.2. The molecule has 0 spiro atoms. The number of pyridine rings is 1. The van der Waals surface area contributed by atoms with Gasteiger partial charge >= 0.3 is 0 Å². The summed E-state index contributed by atoms with van der Waals surface area (Å²) in [6, 6.07) is 11.5. The number of anilines is 2. The number of piperazine rings is 1. The molecule has 2 aromatic heterocycles. The standard InChI is InChI=1S/C29H33FN8O4S/c1-35-14-16-36(17-15-35)20-7-9-21(10-8-20)37-25-12-13-32-29(31)27(25)28(33-37)19-6-11-23(22(30)18-19)34-43(41,42)26-5-3-2-4-24(26)38(39)40/h2-6,11-13,18,20-21,34H,7-10,14-17H2,1H3,(H2,31,32). The van der Waals surface area contributed by atoms with E-state index in [-0.39, 0.29) is 17.5 Å². The number of rotatable bonds is 7. The van der Waals surface area contributed by atoms with E-state index in [9.17, 15) is 18.5 Å². The van der Waals surface area contributed by atoms with Gasteiger partial charge in [0.15, 0.2) is 4.90 Å². The number of aromatic nitrogens is 3. The Labute approximate surface area is 248 Å². The molecule has 0 amide bonds. The van der Waals surface area contributed by atoms with Crippen LogP contribution in [-0.4, -0.2) is 77.2 Å². The minimum Gasteiger partial charge on any atom is -0.383 e. The molecule has 3 heterocycles. The van der Waals surface area contributed by atoms with Crippen molar-refractivity contribution in [2.24, 2.45) is 0 Å². The molecule has 0 unspecified atom stereocenters. The van der Waals surface area contributed by atoms with E-state index in [2.05, 4.69) is 26.6 Å². The number of benzene rings is 2. The highest BCUT2D eigenvalue weighted by Gasteiger charge is 2.31. The van der Waals surface area contributed by atoms with Crippen LogP contribution >= 0.6 is 0 Å². The zero-order chi connectivity index (χ0) is 30.3. The molecule has 0 bridgehead atoms. The van der Waals surface area contributed by atoms with Gasteiger partial charge in [-0.1, -0.05) is 18.2 Å². The number of nitrogens with one attached hydrogen (secondary N) is 1. The van der Waals surface area contributed by atoms with Gasteiger partial charge in [0, 0.05) is 50.0 Å². The molecule has 12 nitrogen and oxygen atoms in total. The number of likely N-dealkylation sites (N-methyl/N-ethyl adjacent to an activating group) is 1. The van der Waals surface area contributed by atoms with Gasteiger partial charge < -0.3 is 10.6 Å². The van der Waals surface area contributed by atoms with E-state index in [1.54, 1.807) is 12.3 Å². The van der Waals surface area contributed by atoms with Gasteiger partial charge in [0.1, 0.15) is 17.3 Å². The molecule has 226 valence electrons. The van der Waals surface area contributed by atoms with Crippen molar-refractivity contribution < 1.29 is 17.7 Å². The Morgan fingerprint density at radius 3 is 2.42 bits per heavy atom. The number of para-hydroxylation sites is 1. The second kappa shape index (κ2) is 11.5. The third kappa shape index (κ3) is 5.65. The van der Waals surface area contributed by atoms with Gasteiger partial charge in [-0.3, -0.25) is 24.4 Å². The van der Waals surface area contributed by atoms with Crippen molar-refractivity contribution in [3.63, 3.8) is 0 Å². The number of hydrogen-bond acceptors (Lipinski definition) is 9. The van der Waals surface area contributed by atoms with Crippen molar-refractivity contribution in [2.75, 3.05) is 43.7 Å². The quantitative estimate of drug-likeness (QED) is 0.232. The highest BCUT2D eigenvalue weighted by atomic mass is 32.2. The van der Waals surface area contributed by atoms with Crippen LogP contribution in [-0.2, 0) is 10.0 Å². The van der Waals surface area contributed by atoms with Gasteiger partial charge in [-0.2, -0.15) is 5.10 Å². The fourth-order valence-electron chi connectivity index (χ4n) is 6.23. The highest BCUT2D eigenvalue weighted by Crippen LogP contribution is 2.38. The largest absolute Gasteiger partial charge is 0.383 e. The van der Waals surface area contributed by atoms with Gasteiger partial charge in [0.2, 0.25) is 0 Å². The summed E-state index contributed by atoms with van der Waals surface area (Å²) in [6.07, 6.45) is 5.67. The summed E-state index contributed by atoms with van der Waals surface area (Å²) in [5, 5.41) is 16.9. The second-order valence-corrected chi connectivity index (χ2v) is 12.9. The number of hydrogen-bond donors (Lipinski definition) is 2. The van der Waals surface area contributed by atoms with Crippen LogP contribution in [0.1, 0.15) is 31.7 Å². The number of nitro groups is 1. The fourth-order valence-corrected chi connectivity index (χ4v) is 7.47. The summed E-state index contributed by atoms with van der Waals surface area (Å²) < 4.78 is 45.4. The van der Waals surface area contributed by atoms with Crippen LogP contribution in [0.4, 0.5) is 21.6 Å². The molecule has 2 aromatic carbocycles. The van der Waals surface area contributed by atoms with E-state index >= 15 is 4.39 Å². The minimum absolute atomic E-state index is 0.152. The van der Waals surface area contributed by atoms with Crippen LogP contribution in [0.3, 0.4) is 0 Å². The number of fused-ring (bicyclic) bond motifs is 1. The van der Waals surface area contributed by atoms with Crippen molar-refractivity contribution in [1.82, 2.24) is 24.6 Å². The van der Waals surface area contributed by atoms with Crippen molar-refractivity contribution in [3.05, 3.63) is 70.7 Å². The number of nitro benzene ring substituents is 1. The van der Waals surface area contributed by atoms with Crippen LogP contribution in [0.5, 0.6) is 0 Å². The van der Waals surface area contributed by atoms with E-state index in [1.165, 1.54) is 24.3 Å². The number of nitrogen functional groups attached to an aromatic ring is 1. The van der Waals surface area contributed by atoms with Crippen molar-refractivity contribution in [3.8, 4) is 11.3 Å². The molecule has 14 heteroatoms. The topological polar surface area (TPSA) is 153 Å². The van der Waals surface area contributed by atoms with Crippen molar-refractivity contribution in [2.45, 2.75) is 42.7 Å². The lowest BCUT2D eigenvalue weighted by Gasteiger charge is -2.41. The van der Waals surface area contributed by atoms with Crippen LogP contribution < -0.4 is 10.5 Å². The highest BCUT2D eigenvalue weighted by molar-refractivity contribution is 7.92. The average molecular weight is 609 g/mol. The molecule has 4 aromatic rings. The molecule has 1 saturated heterocycles. The molecular weight excluding hydrogens is 575 g/mol. The number of nitrogens with two attached hydrogens (primary N) is 1. The maximum atomic E-state index is 15.4. The SMILES string of the molecule is CN1CCN(C2CCC(n3nc(-c4ccc(NS(=O)(=O)c5ccccc5[N+](=O)[O-])c(F)c4)c4c(N)nccc43)CC2)CC1. The molecular formula is C29H33FN8O4S. The molecule has 6 rings (SSSR count). The van der Waals surface area contributed by atoms with Gasteiger partial charge in [0.05, 0.1) is 27.6 Å². The monoisotopic (exact) mass is 608 g/mol. The Morgan fingerprint density at radius 2 is 1.72 bits per heavy atom. The zero-order valence-electron chi connectivity index (χ0n) is 23.7. The molecule has 0 atom stereocenters. The van der Waals surface area contributed by atoms with Crippen LogP contribution in [0.2, 0.25) is 0 Å². The van der Waals surface area contributed by atoms with Crippen LogP contribution in [0.25, 0.3) is 22.2 Å². The molecule has 2 aliphatic rings. The van der Waals surface area contributed by atoms with Crippen molar-refractivity contribution >= 4 is 38.1 Å².